The van der Waals surface area contributed by atoms with Crippen LogP contribution in [0.2, 0.25) is 0 Å². The van der Waals surface area contributed by atoms with Gasteiger partial charge in [-0.1, -0.05) is 24.3 Å². The van der Waals surface area contributed by atoms with Crippen LogP contribution in [0, 0.1) is 0 Å². The minimum absolute atomic E-state index is 0.0610. The van der Waals surface area contributed by atoms with E-state index in [9.17, 15) is 9.59 Å². The Kier molecular flexibility index (Phi) is 6.78. The van der Waals surface area contributed by atoms with Crippen molar-refractivity contribution < 1.29 is 19.8 Å². The molecule has 0 radical (unpaired) electrons. The minimum Gasteiger partial charge on any atom is -0.481 e. The summed E-state index contributed by atoms with van der Waals surface area (Å²) in [4.78, 5) is 21.4. The summed E-state index contributed by atoms with van der Waals surface area (Å²) in [6.45, 7) is -0.0610. The van der Waals surface area contributed by atoms with Gasteiger partial charge in [0.25, 0.3) is 0 Å². The second-order valence-corrected chi connectivity index (χ2v) is 4.08. The largest absolute Gasteiger partial charge is 0.481 e. The lowest BCUT2D eigenvalue weighted by atomic mass is 10.1. The smallest absolute Gasteiger partial charge is 0.305 e. The Morgan fingerprint density at radius 1 is 1.25 bits per heavy atom. The third-order valence-corrected chi connectivity index (χ3v) is 2.49. The van der Waals surface area contributed by atoms with E-state index in [1.807, 2.05) is 0 Å². The molecule has 5 heteroatoms. The summed E-state index contributed by atoms with van der Waals surface area (Å²) in [6.07, 6.45) is 7.25. The second kappa shape index (κ2) is 8.66. The predicted octanol–water partition coefficient (Wildman–Crippen LogP) is 1.86. The first-order valence-corrected chi connectivity index (χ1v) is 6.13. The standard InChI is InChI=1S/C15H17NO4/c17-9-3-1-2-4-14(10-15(19)20)16-13-7-5-12(11-18)6-8-13/h1-8,11,14,16-17H,9-10H2,(H,19,20)/b3-1+,4-2+. The Labute approximate surface area is 117 Å². The topological polar surface area (TPSA) is 86.6 Å². The summed E-state index contributed by atoms with van der Waals surface area (Å²) in [6, 6.07) is 6.37. The van der Waals surface area contributed by atoms with E-state index in [0.717, 1.165) is 12.0 Å². The number of aliphatic hydroxyl groups is 1. The molecule has 0 amide bonds. The fourth-order valence-corrected chi connectivity index (χ4v) is 1.56. The number of carboxylic acid groups (broad SMARTS) is 1. The maximum atomic E-state index is 10.8. The molecule has 1 unspecified atom stereocenters. The number of hydrogen-bond acceptors (Lipinski definition) is 4. The number of aliphatic hydroxyl groups excluding tert-OH is 1. The summed E-state index contributed by atoms with van der Waals surface area (Å²) >= 11 is 0. The van der Waals surface area contributed by atoms with Gasteiger partial charge in [0.05, 0.1) is 19.1 Å². The van der Waals surface area contributed by atoms with Gasteiger partial charge in [0.15, 0.2) is 0 Å². The van der Waals surface area contributed by atoms with Crippen molar-refractivity contribution >= 4 is 17.9 Å². The van der Waals surface area contributed by atoms with Crippen LogP contribution in [0.4, 0.5) is 5.69 Å². The van der Waals surface area contributed by atoms with Crippen molar-refractivity contribution in [3.63, 3.8) is 0 Å². The van der Waals surface area contributed by atoms with E-state index in [4.69, 9.17) is 10.2 Å². The molecule has 5 nitrogen and oxygen atoms in total. The first kappa shape index (κ1) is 15.7. The summed E-state index contributed by atoms with van der Waals surface area (Å²) in [5, 5.41) is 20.5. The Hall–Kier alpha value is -2.40. The summed E-state index contributed by atoms with van der Waals surface area (Å²) < 4.78 is 0. The van der Waals surface area contributed by atoms with Crippen LogP contribution in [0.3, 0.4) is 0 Å². The molecule has 0 aromatic heterocycles. The molecule has 0 aliphatic rings. The van der Waals surface area contributed by atoms with Crippen LogP contribution < -0.4 is 5.32 Å². The van der Waals surface area contributed by atoms with Gasteiger partial charge in [-0.05, 0) is 24.3 Å². The molecule has 0 fully saturated rings. The first-order valence-electron chi connectivity index (χ1n) is 6.13. The SMILES string of the molecule is O=Cc1ccc(NC(/C=C/C=C/CO)CC(=O)O)cc1. The number of aliphatic carboxylic acids is 1. The highest BCUT2D eigenvalue weighted by atomic mass is 16.4. The first-order chi connectivity index (χ1) is 9.65. The maximum Gasteiger partial charge on any atom is 0.305 e. The highest BCUT2D eigenvalue weighted by Crippen LogP contribution is 2.12. The Morgan fingerprint density at radius 3 is 2.50 bits per heavy atom. The molecule has 0 heterocycles. The molecule has 106 valence electrons. The average molecular weight is 275 g/mol. The molecular weight excluding hydrogens is 258 g/mol. The van der Waals surface area contributed by atoms with E-state index in [-0.39, 0.29) is 19.1 Å². The number of nitrogens with one attached hydrogen (secondary N) is 1. The van der Waals surface area contributed by atoms with Crippen LogP contribution in [0.5, 0.6) is 0 Å². The lowest BCUT2D eigenvalue weighted by molar-refractivity contribution is -0.137. The molecule has 0 aliphatic heterocycles. The van der Waals surface area contributed by atoms with Gasteiger partial charge in [0.2, 0.25) is 0 Å². The number of rotatable bonds is 8. The summed E-state index contributed by atoms with van der Waals surface area (Å²) in [7, 11) is 0. The van der Waals surface area contributed by atoms with E-state index in [0.29, 0.717) is 5.56 Å². The van der Waals surface area contributed by atoms with Crippen molar-refractivity contribution in [1.29, 1.82) is 0 Å². The molecule has 0 bridgehead atoms. The van der Waals surface area contributed by atoms with Gasteiger partial charge in [-0.15, -0.1) is 0 Å². The normalized spacial score (nSPS) is 12.7. The number of aldehydes is 1. The van der Waals surface area contributed by atoms with E-state index in [1.54, 1.807) is 48.6 Å². The lowest BCUT2D eigenvalue weighted by Crippen LogP contribution is -2.20. The Bertz CT molecular complexity index is 491. The molecule has 1 aromatic rings. The molecule has 1 rings (SSSR count). The molecule has 20 heavy (non-hydrogen) atoms. The van der Waals surface area contributed by atoms with Gasteiger partial charge in [-0.2, -0.15) is 0 Å². The van der Waals surface area contributed by atoms with E-state index in [2.05, 4.69) is 5.32 Å². The molecule has 0 aliphatic carbocycles. The van der Waals surface area contributed by atoms with Crippen molar-refractivity contribution in [3.8, 4) is 0 Å². The maximum absolute atomic E-state index is 10.8. The van der Waals surface area contributed by atoms with Crippen molar-refractivity contribution in [2.75, 3.05) is 11.9 Å². The number of carbonyl (C=O) groups excluding carboxylic acids is 1. The second-order valence-electron chi connectivity index (χ2n) is 4.08. The van der Waals surface area contributed by atoms with E-state index < -0.39 is 5.97 Å². The number of allylic oxidation sites excluding steroid dienone is 2. The zero-order chi connectivity index (χ0) is 14.8. The fourth-order valence-electron chi connectivity index (χ4n) is 1.56. The monoisotopic (exact) mass is 275 g/mol. The number of carbonyl (C=O) groups is 2. The Morgan fingerprint density at radius 2 is 1.95 bits per heavy atom. The highest BCUT2D eigenvalue weighted by Gasteiger charge is 2.09. The Balaban J connectivity index is 2.71. The quantitative estimate of drug-likeness (QED) is 0.498. The zero-order valence-electron chi connectivity index (χ0n) is 10.9. The van der Waals surface area contributed by atoms with Gasteiger partial charge in [0.1, 0.15) is 6.29 Å². The van der Waals surface area contributed by atoms with Gasteiger partial charge < -0.3 is 15.5 Å². The van der Waals surface area contributed by atoms with Gasteiger partial charge in [-0.25, -0.2) is 0 Å². The van der Waals surface area contributed by atoms with Crippen LogP contribution in [-0.4, -0.2) is 35.1 Å². The van der Waals surface area contributed by atoms with Crippen LogP contribution >= 0.6 is 0 Å². The zero-order valence-corrected chi connectivity index (χ0v) is 10.9. The molecule has 1 atom stereocenters. The number of anilines is 1. The van der Waals surface area contributed by atoms with Crippen molar-refractivity contribution in [1.82, 2.24) is 0 Å². The van der Waals surface area contributed by atoms with Crippen LogP contribution in [0.15, 0.2) is 48.6 Å². The van der Waals surface area contributed by atoms with Crippen molar-refractivity contribution in [2.45, 2.75) is 12.5 Å². The van der Waals surface area contributed by atoms with Gasteiger partial charge in [-0.3, -0.25) is 9.59 Å². The molecule has 1 aromatic carbocycles. The molecule has 3 N–H and O–H groups in total. The third kappa shape index (κ3) is 5.97. The van der Waals surface area contributed by atoms with Crippen LogP contribution in [0.1, 0.15) is 16.8 Å². The molecule has 0 spiro atoms. The lowest BCUT2D eigenvalue weighted by Gasteiger charge is -2.14. The summed E-state index contributed by atoms with van der Waals surface area (Å²) in [5.74, 6) is -0.914. The van der Waals surface area contributed by atoms with E-state index >= 15 is 0 Å². The van der Waals surface area contributed by atoms with Gasteiger partial charge >= 0.3 is 5.97 Å². The van der Waals surface area contributed by atoms with E-state index in [1.165, 1.54) is 0 Å². The third-order valence-electron chi connectivity index (χ3n) is 2.49. The average Bonchev–Trinajstić information content (AvgIpc) is 2.43. The van der Waals surface area contributed by atoms with Crippen molar-refractivity contribution in [3.05, 3.63) is 54.1 Å². The highest BCUT2D eigenvalue weighted by molar-refractivity contribution is 5.75. The number of hydrogen-bond donors (Lipinski definition) is 3. The fraction of sp³-hybridized carbons (Fsp3) is 0.200. The van der Waals surface area contributed by atoms with Crippen LogP contribution in [0.25, 0.3) is 0 Å². The van der Waals surface area contributed by atoms with Gasteiger partial charge in [0, 0.05) is 11.3 Å². The number of carboxylic acids is 1. The number of benzene rings is 1. The predicted molar refractivity (Wildman–Crippen MR) is 76.9 cm³/mol. The van der Waals surface area contributed by atoms with Crippen molar-refractivity contribution in [2.24, 2.45) is 0 Å². The van der Waals surface area contributed by atoms with Crippen LogP contribution in [-0.2, 0) is 4.79 Å². The summed E-state index contributed by atoms with van der Waals surface area (Å²) in [5.41, 5.74) is 1.30. The molecule has 0 saturated heterocycles. The molecular formula is C15H17NO4. The minimum atomic E-state index is -0.914. The molecule has 0 saturated carbocycles.